The number of rotatable bonds is 6. The first-order valence-electron chi connectivity index (χ1n) is 8.94. The smallest absolute Gasteiger partial charge is 0.114 e. The van der Waals surface area contributed by atoms with E-state index in [1.54, 1.807) is 0 Å². The zero-order valence-electron chi connectivity index (χ0n) is 14.5. The topological polar surface area (TPSA) is 63.5 Å². The van der Waals surface area contributed by atoms with Gasteiger partial charge in [0.2, 0.25) is 0 Å². The average Bonchev–Trinajstić information content (AvgIpc) is 3.28. The summed E-state index contributed by atoms with van der Waals surface area (Å²) in [6.45, 7) is 2.43. The van der Waals surface area contributed by atoms with Crippen molar-refractivity contribution in [2.75, 3.05) is 13.2 Å². The molecule has 4 rings (SSSR count). The van der Waals surface area contributed by atoms with Crippen LogP contribution in [-0.2, 0) is 27.4 Å². The van der Waals surface area contributed by atoms with Gasteiger partial charge in [0.1, 0.15) is 18.3 Å². The molecule has 2 aliphatic heterocycles. The molecule has 0 amide bonds. The third-order valence-electron chi connectivity index (χ3n) is 4.94. The summed E-state index contributed by atoms with van der Waals surface area (Å²) < 4.78 is 17.9. The molecule has 2 aromatic carbocycles. The number of benzene rings is 2. The van der Waals surface area contributed by atoms with Crippen molar-refractivity contribution < 1.29 is 14.2 Å². The van der Waals surface area contributed by atoms with E-state index in [0.717, 1.165) is 11.1 Å². The van der Waals surface area contributed by atoms with Crippen LogP contribution in [0.4, 0.5) is 0 Å². The van der Waals surface area contributed by atoms with E-state index in [2.05, 4.69) is 23.5 Å². The summed E-state index contributed by atoms with van der Waals surface area (Å²) in [4.78, 5) is 0. The van der Waals surface area contributed by atoms with E-state index in [9.17, 15) is 0 Å². The number of nitrogens with one attached hydrogen (secondary N) is 1. The van der Waals surface area contributed by atoms with Gasteiger partial charge >= 0.3 is 0 Å². The fraction of sp³-hybridized carbons (Fsp3) is 0.381. The van der Waals surface area contributed by atoms with Crippen molar-refractivity contribution in [2.24, 2.45) is 0 Å². The molecule has 5 heteroatoms. The van der Waals surface area contributed by atoms with Crippen LogP contribution in [0.15, 0.2) is 54.6 Å². The van der Waals surface area contributed by atoms with Crippen molar-refractivity contribution in [3.05, 3.63) is 71.3 Å². The highest BCUT2D eigenvalue weighted by molar-refractivity contribution is 5.32. The zero-order chi connectivity index (χ0) is 17.8. The molecule has 0 aromatic heterocycles. The van der Waals surface area contributed by atoms with Crippen LogP contribution >= 0.6 is 0 Å². The predicted octanol–water partition coefficient (Wildman–Crippen LogP) is 2.40. The molecule has 2 aliphatic rings. The molecule has 1 N–H and O–H groups in total. The Bertz CT molecular complexity index is 774. The monoisotopic (exact) mass is 350 g/mol. The maximum atomic E-state index is 9.00. The van der Waals surface area contributed by atoms with Crippen LogP contribution in [0.1, 0.15) is 16.7 Å². The molecule has 2 saturated heterocycles. The highest BCUT2D eigenvalue weighted by Gasteiger charge is 2.48. The lowest BCUT2D eigenvalue weighted by atomic mass is 10.1. The van der Waals surface area contributed by atoms with Gasteiger partial charge in [-0.25, -0.2) is 0 Å². The Morgan fingerprint density at radius 3 is 2.65 bits per heavy atom. The molecule has 5 nitrogen and oxygen atoms in total. The molecule has 0 spiro atoms. The summed E-state index contributed by atoms with van der Waals surface area (Å²) in [6, 6.07) is 20.1. The molecular weight excluding hydrogens is 328 g/mol. The minimum absolute atomic E-state index is 0.00919. The molecular formula is C21H22N2O3. The summed E-state index contributed by atoms with van der Waals surface area (Å²) in [5, 5.41) is 12.5. The predicted molar refractivity (Wildman–Crippen MR) is 96.3 cm³/mol. The number of hydrogen-bond acceptors (Lipinski definition) is 5. The Morgan fingerprint density at radius 1 is 1.00 bits per heavy atom. The van der Waals surface area contributed by atoms with Crippen LogP contribution in [-0.4, -0.2) is 37.6 Å². The maximum absolute atomic E-state index is 9.00. The van der Waals surface area contributed by atoms with Crippen molar-refractivity contribution in [1.82, 2.24) is 5.32 Å². The average molecular weight is 350 g/mol. The number of nitriles is 1. The summed E-state index contributed by atoms with van der Waals surface area (Å²) in [6.07, 6.45) is -0.0505. The summed E-state index contributed by atoms with van der Waals surface area (Å²) >= 11 is 0. The van der Waals surface area contributed by atoms with Crippen LogP contribution in [0.2, 0.25) is 0 Å². The lowest BCUT2D eigenvalue weighted by molar-refractivity contribution is -0.0393. The Hall–Kier alpha value is -2.23. The zero-order valence-corrected chi connectivity index (χ0v) is 14.5. The fourth-order valence-corrected chi connectivity index (χ4v) is 3.56. The van der Waals surface area contributed by atoms with E-state index in [-0.39, 0.29) is 24.4 Å². The Kier molecular flexibility index (Phi) is 5.28. The van der Waals surface area contributed by atoms with E-state index < -0.39 is 0 Å². The Labute approximate surface area is 153 Å². The normalized spacial score (nSPS) is 27.2. The number of ether oxygens (including phenoxy) is 3. The van der Waals surface area contributed by atoms with Crippen LogP contribution in [0.25, 0.3) is 0 Å². The molecule has 4 atom stereocenters. The Balaban J connectivity index is 1.30. The third-order valence-corrected chi connectivity index (χ3v) is 4.94. The van der Waals surface area contributed by atoms with E-state index in [4.69, 9.17) is 19.5 Å². The summed E-state index contributed by atoms with van der Waals surface area (Å²) in [7, 11) is 0. The van der Waals surface area contributed by atoms with Gasteiger partial charge in [-0.3, -0.25) is 0 Å². The van der Waals surface area contributed by atoms with Crippen LogP contribution in [0.3, 0.4) is 0 Å². The quantitative estimate of drug-likeness (QED) is 0.867. The second-order valence-corrected chi connectivity index (χ2v) is 6.73. The first-order valence-corrected chi connectivity index (χ1v) is 8.94. The lowest BCUT2D eigenvalue weighted by Crippen LogP contribution is -2.41. The summed E-state index contributed by atoms with van der Waals surface area (Å²) in [5.41, 5.74) is 2.92. The maximum Gasteiger partial charge on any atom is 0.114 e. The molecule has 2 fully saturated rings. The van der Waals surface area contributed by atoms with Crippen molar-refractivity contribution in [1.29, 1.82) is 5.26 Å². The van der Waals surface area contributed by atoms with Crippen LogP contribution in [0.5, 0.6) is 0 Å². The molecule has 2 aromatic rings. The molecule has 26 heavy (non-hydrogen) atoms. The fourth-order valence-electron chi connectivity index (χ4n) is 3.56. The number of fused-ring (bicyclic) bond motifs is 1. The standard InChI is InChI=1S/C21H22N2O3/c22-10-16-7-4-8-17(9-16)11-23-18-13-25-21-19(14-26-20(18)21)24-12-15-5-2-1-3-6-15/h1-9,18-21,23H,11-14H2/t18-,19-,20-,21+/m0/s1. The second kappa shape index (κ2) is 7.98. The van der Waals surface area contributed by atoms with Crippen molar-refractivity contribution >= 4 is 0 Å². The molecule has 0 saturated carbocycles. The van der Waals surface area contributed by atoms with Gasteiger partial charge in [-0.1, -0.05) is 42.5 Å². The van der Waals surface area contributed by atoms with Gasteiger partial charge in [-0.05, 0) is 23.3 Å². The first-order chi connectivity index (χ1) is 12.8. The largest absolute Gasteiger partial charge is 0.371 e. The third kappa shape index (κ3) is 3.79. The highest BCUT2D eigenvalue weighted by atomic mass is 16.6. The van der Waals surface area contributed by atoms with Gasteiger partial charge in [0.25, 0.3) is 0 Å². The van der Waals surface area contributed by atoms with Gasteiger partial charge in [-0.2, -0.15) is 5.26 Å². The van der Waals surface area contributed by atoms with E-state index >= 15 is 0 Å². The van der Waals surface area contributed by atoms with E-state index in [0.29, 0.717) is 31.9 Å². The molecule has 134 valence electrons. The van der Waals surface area contributed by atoms with E-state index in [1.165, 1.54) is 0 Å². The van der Waals surface area contributed by atoms with Crippen LogP contribution in [0, 0.1) is 11.3 Å². The van der Waals surface area contributed by atoms with Crippen LogP contribution < -0.4 is 5.32 Å². The minimum atomic E-state index is -0.0334. The van der Waals surface area contributed by atoms with Gasteiger partial charge in [0.05, 0.1) is 37.5 Å². The van der Waals surface area contributed by atoms with Gasteiger partial charge in [0.15, 0.2) is 0 Å². The molecule has 0 unspecified atom stereocenters. The molecule has 2 heterocycles. The van der Waals surface area contributed by atoms with Crippen molar-refractivity contribution in [3.63, 3.8) is 0 Å². The number of nitrogens with zero attached hydrogens (tertiary/aromatic N) is 1. The minimum Gasteiger partial charge on any atom is -0.371 e. The van der Waals surface area contributed by atoms with E-state index in [1.807, 2.05) is 42.5 Å². The van der Waals surface area contributed by atoms with Crippen molar-refractivity contribution in [2.45, 2.75) is 37.5 Å². The Morgan fingerprint density at radius 2 is 1.81 bits per heavy atom. The molecule has 0 radical (unpaired) electrons. The first kappa shape index (κ1) is 17.2. The SMILES string of the molecule is N#Cc1cccc(CN[C@H]2CO[C@H]3[C@H]2OC[C@@H]3OCc2ccccc2)c1. The molecule has 0 bridgehead atoms. The van der Waals surface area contributed by atoms with Crippen molar-refractivity contribution in [3.8, 4) is 6.07 Å². The lowest BCUT2D eigenvalue weighted by Gasteiger charge is -2.18. The van der Waals surface area contributed by atoms with Gasteiger partial charge < -0.3 is 19.5 Å². The highest BCUT2D eigenvalue weighted by Crippen LogP contribution is 2.29. The number of hydrogen-bond donors (Lipinski definition) is 1. The van der Waals surface area contributed by atoms with Gasteiger partial charge in [-0.15, -0.1) is 0 Å². The second-order valence-electron chi connectivity index (χ2n) is 6.73. The molecule has 0 aliphatic carbocycles. The summed E-state index contributed by atoms with van der Waals surface area (Å²) in [5.74, 6) is 0. The van der Waals surface area contributed by atoms with Gasteiger partial charge in [0, 0.05) is 6.54 Å².